The van der Waals surface area contributed by atoms with Gasteiger partial charge in [0, 0.05) is 12.0 Å². The minimum atomic E-state index is -0.515. The normalized spacial score (nSPS) is 10.2. The van der Waals surface area contributed by atoms with Gasteiger partial charge in [0.25, 0.3) is 0 Å². The van der Waals surface area contributed by atoms with E-state index in [0.717, 1.165) is 5.56 Å². The molecule has 0 aliphatic rings. The summed E-state index contributed by atoms with van der Waals surface area (Å²) in [6.07, 6.45) is 0.454. The number of hydrogen-bond donors (Lipinski definition) is 0. The van der Waals surface area contributed by atoms with Crippen LogP contribution in [0.2, 0.25) is 0 Å². The van der Waals surface area contributed by atoms with Crippen LogP contribution in [0.1, 0.15) is 22.3 Å². The smallest absolute Gasteiger partial charge is 0.306 e. The Balaban J connectivity index is 1.91. The highest BCUT2D eigenvalue weighted by Gasteiger charge is 2.15. The highest BCUT2D eigenvalue weighted by molar-refractivity contribution is 5.97. The van der Waals surface area contributed by atoms with Gasteiger partial charge < -0.3 is 18.9 Å². The van der Waals surface area contributed by atoms with Gasteiger partial charge in [-0.15, -0.1) is 0 Å². The van der Waals surface area contributed by atoms with Crippen LogP contribution in [0.4, 0.5) is 4.39 Å². The zero-order valence-corrected chi connectivity index (χ0v) is 15.4. The van der Waals surface area contributed by atoms with E-state index in [0.29, 0.717) is 23.7 Å². The number of Topliss-reactive ketones (excluding diaryl/α,β-unsaturated/α-hetero) is 1. The average molecular weight is 376 g/mol. The highest BCUT2D eigenvalue weighted by atomic mass is 19.1. The molecule has 6 nitrogen and oxygen atoms in total. The summed E-state index contributed by atoms with van der Waals surface area (Å²) in [5.74, 6) is 0.110. The first-order chi connectivity index (χ1) is 13.0. The van der Waals surface area contributed by atoms with Gasteiger partial charge in [-0.1, -0.05) is 0 Å². The Morgan fingerprint density at radius 3 is 2.04 bits per heavy atom. The summed E-state index contributed by atoms with van der Waals surface area (Å²) in [6.45, 7) is -0.389. The molecule has 0 N–H and O–H groups in total. The van der Waals surface area contributed by atoms with Gasteiger partial charge in [-0.25, -0.2) is 4.39 Å². The van der Waals surface area contributed by atoms with Crippen molar-refractivity contribution < 1.29 is 32.9 Å². The Labute approximate surface area is 156 Å². The van der Waals surface area contributed by atoms with Crippen LogP contribution in [0.15, 0.2) is 36.4 Å². The Morgan fingerprint density at radius 1 is 0.926 bits per heavy atom. The van der Waals surface area contributed by atoms with Crippen molar-refractivity contribution in [3.63, 3.8) is 0 Å². The van der Waals surface area contributed by atoms with E-state index in [4.69, 9.17) is 18.9 Å². The fourth-order valence-corrected chi connectivity index (χ4v) is 2.46. The molecule has 2 aromatic rings. The predicted molar refractivity (Wildman–Crippen MR) is 96.1 cm³/mol. The van der Waals surface area contributed by atoms with Crippen molar-refractivity contribution in [2.75, 3.05) is 27.9 Å². The third-order valence-electron chi connectivity index (χ3n) is 3.87. The molecule has 0 atom stereocenters. The van der Waals surface area contributed by atoms with Crippen LogP contribution in [-0.2, 0) is 16.0 Å². The molecule has 0 heterocycles. The summed E-state index contributed by atoms with van der Waals surface area (Å²) in [5.41, 5.74) is 1.08. The first-order valence-corrected chi connectivity index (χ1v) is 8.21. The van der Waals surface area contributed by atoms with Crippen molar-refractivity contribution in [2.24, 2.45) is 0 Å². The van der Waals surface area contributed by atoms with Gasteiger partial charge in [-0.05, 0) is 48.4 Å². The van der Waals surface area contributed by atoms with Gasteiger partial charge in [-0.3, -0.25) is 9.59 Å². The van der Waals surface area contributed by atoms with Crippen molar-refractivity contribution in [3.05, 3.63) is 53.3 Å². The molecule has 0 spiro atoms. The predicted octanol–water partition coefficient (Wildman–Crippen LogP) is 3.21. The summed E-state index contributed by atoms with van der Waals surface area (Å²) in [4.78, 5) is 23.8. The number of rotatable bonds is 9. The second-order valence-corrected chi connectivity index (χ2v) is 5.62. The molecule has 0 unspecified atom stereocenters. The minimum absolute atomic E-state index is 0.0787. The van der Waals surface area contributed by atoms with Crippen LogP contribution in [0.3, 0.4) is 0 Å². The lowest BCUT2D eigenvalue weighted by molar-refractivity contribution is -0.142. The molecule has 2 aromatic carbocycles. The van der Waals surface area contributed by atoms with E-state index in [9.17, 15) is 14.0 Å². The molecule has 0 saturated heterocycles. The molecular formula is C20H21FO6. The number of methoxy groups -OCH3 is 3. The molecule has 0 radical (unpaired) electrons. The van der Waals surface area contributed by atoms with E-state index in [1.807, 2.05) is 0 Å². The number of halogens is 1. The zero-order chi connectivity index (χ0) is 19.8. The number of aryl methyl sites for hydroxylation is 1. The van der Waals surface area contributed by atoms with E-state index < -0.39 is 17.6 Å². The molecule has 0 aromatic heterocycles. The molecule has 144 valence electrons. The van der Waals surface area contributed by atoms with Crippen molar-refractivity contribution in [3.8, 4) is 17.2 Å². The summed E-state index contributed by atoms with van der Waals surface area (Å²) >= 11 is 0. The van der Waals surface area contributed by atoms with Gasteiger partial charge in [-0.2, -0.15) is 0 Å². The minimum Gasteiger partial charge on any atom is -0.493 e. The summed E-state index contributed by atoms with van der Waals surface area (Å²) in [6, 6.07) is 8.55. The topological polar surface area (TPSA) is 71.1 Å². The number of ether oxygens (including phenoxy) is 4. The lowest BCUT2D eigenvalue weighted by atomic mass is 10.1. The number of benzene rings is 2. The van der Waals surface area contributed by atoms with Crippen molar-refractivity contribution in [1.29, 1.82) is 0 Å². The monoisotopic (exact) mass is 376 g/mol. The number of hydrogen-bond acceptors (Lipinski definition) is 6. The highest BCUT2D eigenvalue weighted by Crippen LogP contribution is 2.38. The summed E-state index contributed by atoms with van der Waals surface area (Å²) in [5, 5.41) is 0. The second kappa shape index (κ2) is 9.56. The van der Waals surface area contributed by atoms with Crippen LogP contribution >= 0.6 is 0 Å². The number of ketones is 1. The Hall–Kier alpha value is -3.09. The molecule has 0 aliphatic carbocycles. The molecule has 0 fully saturated rings. The van der Waals surface area contributed by atoms with E-state index in [-0.39, 0.29) is 18.6 Å². The Kier molecular flexibility index (Phi) is 7.16. The third-order valence-corrected chi connectivity index (χ3v) is 3.87. The largest absolute Gasteiger partial charge is 0.493 e. The van der Waals surface area contributed by atoms with Gasteiger partial charge in [0.05, 0.1) is 21.3 Å². The quantitative estimate of drug-likeness (QED) is 0.494. The fourth-order valence-electron chi connectivity index (χ4n) is 2.46. The van der Waals surface area contributed by atoms with Crippen LogP contribution in [-0.4, -0.2) is 39.7 Å². The van der Waals surface area contributed by atoms with Gasteiger partial charge in [0.15, 0.2) is 23.9 Å². The molecule has 7 heteroatoms. The van der Waals surface area contributed by atoms with Crippen LogP contribution < -0.4 is 14.2 Å². The fraction of sp³-hybridized carbons (Fsp3) is 0.300. The number of carbonyl (C=O) groups is 2. The average Bonchev–Trinajstić information content (AvgIpc) is 2.69. The number of carbonyl (C=O) groups excluding carboxylic acids is 2. The lowest BCUT2D eigenvalue weighted by Gasteiger charge is -2.14. The van der Waals surface area contributed by atoms with Crippen LogP contribution in [0.25, 0.3) is 0 Å². The molecule has 0 aliphatic heterocycles. The van der Waals surface area contributed by atoms with Gasteiger partial charge in [0.2, 0.25) is 5.75 Å². The Morgan fingerprint density at radius 2 is 1.52 bits per heavy atom. The molecular weight excluding hydrogens is 355 g/mol. The maximum atomic E-state index is 12.9. The third kappa shape index (κ3) is 5.44. The van der Waals surface area contributed by atoms with Crippen LogP contribution in [0, 0.1) is 5.82 Å². The summed E-state index contributed by atoms with van der Waals surface area (Å²) < 4.78 is 33.6. The number of esters is 1. The SMILES string of the molecule is COc1cc(CCC(=O)OCC(=O)c2ccc(F)cc2)cc(OC)c1OC. The van der Waals surface area contributed by atoms with Crippen LogP contribution in [0.5, 0.6) is 17.2 Å². The maximum Gasteiger partial charge on any atom is 0.306 e. The van der Waals surface area contributed by atoms with Gasteiger partial charge in [0.1, 0.15) is 5.82 Å². The molecule has 0 amide bonds. The molecule has 0 bridgehead atoms. The van der Waals surface area contributed by atoms with Crippen molar-refractivity contribution >= 4 is 11.8 Å². The zero-order valence-electron chi connectivity index (χ0n) is 15.4. The van der Waals surface area contributed by atoms with Crippen molar-refractivity contribution in [1.82, 2.24) is 0 Å². The standard InChI is InChI=1S/C20H21FO6/c1-24-17-10-13(11-18(25-2)20(17)26-3)4-9-19(23)27-12-16(22)14-5-7-15(21)8-6-14/h5-8,10-11H,4,9,12H2,1-3H3. The van der Waals surface area contributed by atoms with Gasteiger partial charge >= 0.3 is 5.97 Å². The lowest BCUT2D eigenvalue weighted by Crippen LogP contribution is -2.14. The summed E-state index contributed by atoms with van der Waals surface area (Å²) in [7, 11) is 4.53. The molecule has 0 saturated carbocycles. The first-order valence-electron chi connectivity index (χ1n) is 8.21. The van der Waals surface area contributed by atoms with E-state index >= 15 is 0 Å². The van der Waals surface area contributed by atoms with E-state index in [1.165, 1.54) is 45.6 Å². The maximum absolute atomic E-state index is 12.9. The van der Waals surface area contributed by atoms with Crippen molar-refractivity contribution in [2.45, 2.75) is 12.8 Å². The van der Waals surface area contributed by atoms with E-state index in [1.54, 1.807) is 12.1 Å². The van der Waals surface area contributed by atoms with E-state index in [2.05, 4.69) is 0 Å². The first kappa shape index (κ1) is 20.2. The molecule has 27 heavy (non-hydrogen) atoms. The molecule has 2 rings (SSSR count). The Bertz CT molecular complexity index is 776. The second-order valence-electron chi connectivity index (χ2n) is 5.62.